The van der Waals surface area contributed by atoms with Crippen molar-refractivity contribution in [3.63, 3.8) is 0 Å². The summed E-state index contributed by atoms with van der Waals surface area (Å²) in [5, 5.41) is 8.63. The lowest BCUT2D eigenvalue weighted by atomic mass is 10.0. The minimum Gasteiger partial charge on any atom is -0.354 e. The zero-order valence-electron chi connectivity index (χ0n) is 16.0. The molecule has 8 heteroatoms. The molecule has 1 unspecified atom stereocenters. The van der Waals surface area contributed by atoms with E-state index in [1.807, 2.05) is 40.8 Å². The molecule has 1 aliphatic rings. The molecule has 3 aromatic rings. The highest BCUT2D eigenvalue weighted by atomic mass is 32.1. The summed E-state index contributed by atoms with van der Waals surface area (Å²) in [6.07, 6.45) is 2.65. The highest BCUT2D eigenvalue weighted by Crippen LogP contribution is 2.32. The average Bonchev–Trinajstić information content (AvgIpc) is 3.39. The molecule has 1 N–H and O–H groups in total. The van der Waals surface area contributed by atoms with Gasteiger partial charge in [-0.1, -0.05) is 0 Å². The molecule has 0 saturated carbocycles. The van der Waals surface area contributed by atoms with E-state index < -0.39 is 0 Å². The van der Waals surface area contributed by atoms with Gasteiger partial charge in [-0.25, -0.2) is 9.67 Å². The van der Waals surface area contributed by atoms with E-state index >= 15 is 0 Å². The van der Waals surface area contributed by atoms with Gasteiger partial charge in [0.1, 0.15) is 0 Å². The fraction of sp³-hybridized carbons (Fsp3) is 0.400. The van der Waals surface area contributed by atoms with Crippen LogP contribution in [0.15, 0.2) is 30.5 Å². The quantitative estimate of drug-likeness (QED) is 0.718. The number of likely N-dealkylation sites (tertiary alicyclic amines) is 1. The second kappa shape index (κ2) is 7.71. The standard InChI is InChI=1S/C20H23N5O2S/c1-13-5-6-17(28-13)20(27)24-10-7-15(12-24)18-16-4-3-8-22-19(16)25(23-18)11-9-21-14(2)26/h3-6,8,15H,7,9-12H2,1-2H3,(H,21,26). The Labute approximate surface area is 167 Å². The maximum Gasteiger partial charge on any atom is 0.263 e. The number of hydrogen-bond donors (Lipinski definition) is 1. The van der Waals surface area contributed by atoms with Crippen LogP contribution in [0.5, 0.6) is 0 Å². The van der Waals surface area contributed by atoms with Crippen LogP contribution in [0.4, 0.5) is 0 Å². The molecule has 0 aliphatic carbocycles. The van der Waals surface area contributed by atoms with Crippen molar-refractivity contribution in [1.82, 2.24) is 25.0 Å². The van der Waals surface area contributed by atoms with Gasteiger partial charge in [-0.2, -0.15) is 5.10 Å². The first-order valence-electron chi connectivity index (χ1n) is 9.44. The van der Waals surface area contributed by atoms with Crippen molar-refractivity contribution in [3.05, 3.63) is 45.9 Å². The number of carbonyl (C=O) groups excluding carboxylic acids is 2. The van der Waals surface area contributed by atoms with Crippen LogP contribution in [-0.2, 0) is 11.3 Å². The molecule has 2 amide bonds. The van der Waals surface area contributed by atoms with Crippen LogP contribution in [-0.4, -0.2) is 51.1 Å². The molecular weight excluding hydrogens is 374 g/mol. The first-order valence-corrected chi connectivity index (χ1v) is 10.3. The van der Waals surface area contributed by atoms with Crippen LogP contribution in [0, 0.1) is 6.92 Å². The van der Waals surface area contributed by atoms with E-state index in [-0.39, 0.29) is 17.7 Å². The maximum absolute atomic E-state index is 12.8. The number of nitrogens with one attached hydrogen (secondary N) is 1. The second-order valence-electron chi connectivity index (χ2n) is 7.11. The number of thiophene rings is 1. The van der Waals surface area contributed by atoms with Gasteiger partial charge in [-0.15, -0.1) is 11.3 Å². The molecule has 3 aromatic heterocycles. The van der Waals surface area contributed by atoms with Crippen molar-refractivity contribution in [2.75, 3.05) is 19.6 Å². The van der Waals surface area contributed by atoms with Crippen molar-refractivity contribution in [2.45, 2.75) is 32.7 Å². The molecule has 1 aliphatic heterocycles. The van der Waals surface area contributed by atoms with E-state index in [1.165, 1.54) is 6.92 Å². The predicted octanol–water partition coefficient (Wildman–Crippen LogP) is 2.57. The Balaban J connectivity index is 1.54. The van der Waals surface area contributed by atoms with Crippen molar-refractivity contribution in [3.8, 4) is 0 Å². The lowest BCUT2D eigenvalue weighted by Crippen LogP contribution is -2.27. The highest BCUT2D eigenvalue weighted by Gasteiger charge is 2.31. The molecule has 1 atom stereocenters. The molecule has 7 nitrogen and oxygen atoms in total. The SMILES string of the molecule is CC(=O)NCCn1nc(C2CCN(C(=O)c3ccc(C)s3)C2)c2cccnc21. The third kappa shape index (κ3) is 3.64. The van der Waals surface area contributed by atoms with Gasteiger partial charge in [-0.3, -0.25) is 9.59 Å². The molecule has 0 radical (unpaired) electrons. The molecule has 28 heavy (non-hydrogen) atoms. The Bertz CT molecular complexity index is 1020. The van der Waals surface area contributed by atoms with Crippen LogP contribution < -0.4 is 5.32 Å². The van der Waals surface area contributed by atoms with Gasteiger partial charge in [0.05, 0.1) is 17.1 Å². The molecule has 1 fully saturated rings. The van der Waals surface area contributed by atoms with Gasteiger partial charge < -0.3 is 10.2 Å². The number of fused-ring (bicyclic) bond motifs is 1. The largest absolute Gasteiger partial charge is 0.354 e. The van der Waals surface area contributed by atoms with Crippen molar-refractivity contribution >= 4 is 34.2 Å². The Morgan fingerprint density at radius 3 is 2.93 bits per heavy atom. The Morgan fingerprint density at radius 2 is 2.18 bits per heavy atom. The minimum atomic E-state index is -0.0570. The Morgan fingerprint density at radius 1 is 1.32 bits per heavy atom. The minimum absolute atomic E-state index is 0.0570. The Kier molecular flexibility index (Phi) is 5.13. The summed E-state index contributed by atoms with van der Waals surface area (Å²) >= 11 is 1.54. The summed E-state index contributed by atoms with van der Waals surface area (Å²) < 4.78 is 1.85. The monoisotopic (exact) mass is 397 g/mol. The van der Waals surface area contributed by atoms with E-state index in [4.69, 9.17) is 5.10 Å². The van der Waals surface area contributed by atoms with E-state index in [2.05, 4.69) is 10.3 Å². The summed E-state index contributed by atoms with van der Waals surface area (Å²) in [7, 11) is 0. The number of amides is 2. The Hall–Kier alpha value is -2.74. The number of carbonyl (C=O) groups is 2. The lowest BCUT2D eigenvalue weighted by Gasteiger charge is -2.15. The summed E-state index contributed by atoms with van der Waals surface area (Å²) in [4.78, 5) is 32.3. The molecule has 1 saturated heterocycles. The predicted molar refractivity (Wildman–Crippen MR) is 109 cm³/mol. The summed E-state index contributed by atoms with van der Waals surface area (Å²) in [6, 6.07) is 7.84. The van der Waals surface area contributed by atoms with Crippen molar-refractivity contribution < 1.29 is 9.59 Å². The van der Waals surface area contributed by atoms with Crippen LogP contribution in [0.2, 0.25) is 0 Å². The zero-order chi connectivity index (χ0) is 19.7. The topological polar surface area (TPSA) is 80.1 Å². The lowest BCUT2D eigenvalue weighted by molar-refractivity contribution is -0.118. The summed E-state index contributed by atoms with van der Waals surface area (Å²) in [5.74, 6) is 0.241. The van der Waals surface area contributed by atoms with Gasteiger partial charge in [0.15, 0.2) is 5.65 Å². The van der Waals surface area contributed by atoms with Gasteiger partial charge >= 0.3 is 0 Å². The van der Waals surface area contributed by atoms with Gasteiger partial charge in [0, 0.05) is 48.9 Å². The third-order valence-corrected chi connectivity index (χ3v) is 6.04. The van der Waals surface area contributed by atoms with E-state index in [0.717, 1.165) is 39.4 Å². The second-order valence-corrected chi connectivity index (χ2v) is 8.40. The zero-order valence-corrected chi connectivity index (χ0v) is 16.8. The summed E-state index contributed by atoms with van der Waals surface area (Å²) in [6.45, 7) is 6.00. The first-order chi connectivity index (χ1) is 13.5. The van der Waals surface area contributed by atoms with Crippen LogP contribution in [0.3, 0.4) is 0 Å². The fourth-order valence-corrected chi connectivity index (χ4v) is 4.54. The van der Waals surface area contributed by atoms with Crippen LogP contribution >= 0.6 is 11.3 Å². The normalized spacial score (nSPS) is 16.6. The maximum atomic E-state index is 12.8. The molecule has 4 heterocycles. The number of aryl methyl sites for hydroxylation is 1. The van der Waals surface area contributed by atoms with Crippen molar-refractivity contribution in [1.29, 1.82) is 0 Å². The molecular formula is C20H23N5O2S. The number of nitrogens with zero attached hydrogens (tertiary/aromatic N) is 4. The molecule has 0 bridgehead atoms. The number of aromatic nitrogens is 3. The third-order valence-electron chi connectivity index (χ3n) is 5.05. The van der Waals surface area contributed by atoms with Crippen LogP contribution in [0.1, 0.15) is 39.5 Å². The fourth-order valence-electron chi connectivity index (χ4n) is 3.70. The van der Waals surface area contributed by atoms with Crippen molar-refractivity contribution in [2.24, 2.45) is 0 Å². The number of hydrogen-bond acceptors (Lipinski definition) is 5. The average molecular weight is 398 g/mol. The van der Waals surface area contributed by atoms with Crippen LogP contribution in [0.25, 0.3) is 11.0 Å². The van der Waals surface area contributed by atoms with E-state index in [1.54, 1.807) is 17.5 Å². The van der Waals surface area contributed by atoms with Gasteiger partial charge in [0.25, 0.3) is 5.91 Å². The molecule has 0 aromatic carbocycles. The smallest absolute Gasteiger partial charge is 0.263 e. The van der Waals surface area contributed by atoms with E-state index in [9.17, 15) is 9.59 Å². The van der Waals surface area contributed by atoms with E-state index in [0.29, 0.717) is 19.6 Å². The molecule has 146 valence electrons. The summed E-state index contributed by atoms with van der Waals surface area (Å²) in [5.41, 5.74) is 1.81. The number of rotatable bonds is 5. The highest BCUT2D eigenvalue weighted by molar-refractivity contribution is 7.13. The first kappa shape index (κ1) is 18.6. The molecule has 4 rings (SSSR count). The number of pyridine rings is 1. The van der Waals surface area contributed by atoms with Gasteiger partial charge in [0.2, 0.25) is 5.91 Å². The molecule has 0 spiro atoms. The van der Waals surface area contributed by atoms with Gasteiger partial charge in [-0.05, 0) is 37.6 Å².